The lowest BCUT2D eigenvalue weighted by Gasteiger charge is -2.11. The number of nitrogens with two attached hydrogens (primary N) is 1. The van der Waals surface area contributed by atoms with Crippen molar-refractivity contribution >= 4 is 13.2 Å². The Balaban J connectivity index is 2.69. The lowest BCUT2D eigenvalue weighted by molar-refractivity contribution is 0.336. The van der Waals surface area contributed by atoms with E-state index in [9.17, 15) is 4.57 Å². The maximum Gasteiger partial charge on any atom is 0.206 e. The van der Waals surface area contributed by atoms with E-state index in [4.69, 9.17) is 10.3 Å². The van der Waals surface area contributed by atoms with E-state index < -0.39 is 7.37 Å². The normalized spacial score (nSPS) is 15.0. The van der Waals surface area contributed by atoms with Crippen molar-refractivity contribution in [3.05, 3.63) is 18.1 Å². The Morgan fingerprint density at radius 2 is 2.21 bits per heavy atom. The third-order valence-corrected chi connectivity index (χ3v) is 3.28. The topological polar surface area (TPSA) is 78.1 Å². The van der Waals surface area contributed by atoms with Gasteiger partial charge < -0.3 is 10.3 Å². The van der Waals surface area contributed by atoms with Crippen LogP contribution >= 0.6 is 7.37 Å². The van der Waals surface area contributed by atoms with Crippen LogP contribution in [0.5, 0.6) is 0 Å². The highest BCUT2D eigenvalue weighted by molar-refractivity contribution is 7.57. The average Bonchev–Trinajstić information content (AvgIpc) is 2.08. The van der Waals surface area contributed by atoms with Gasteiger partial charge in [0.25, 0.3) is 0 Å². The molecule has 1 aromatic rings. The Morgan fingerprint density at radius 1 is 1.50 bits per heavy atom. The van der Waals surface area contributed by atoms with Gasteiger partial charge in [0, 0.05) is 6.66 Å². The van der Waals surface area contributed by atoms with Gasteiger partial charge in [0.05, 0.1) is 30.9 Å². The number of rotatable bonds is 4. The van der Waals surface area contributed by atoms with Crippen molar-refractivity contribution in [1.82, 2.24) is 9.97 Å². The van der Waals surface area contributed by atoms with Crippen LogP contribution in [-0.2, 0) is 15.3 Å². The lowest BCUT2D eigenvalue weighted by atomic mass is 10.5. The summed E-state index contributed by atoms with van der Waals surface area (Å²) in [5.74, 6) is 0.357. The minimum atomic E-state index is -2.57. The molecule has 78 valence electrons. The van der Waals surface area contributed by atoms with Crippen LogP contribution in [0.25, 0.3) is 0 Å². The fourth-order valence-electron chi connectivity index (χ4n) is 1.06. The molecular formula is C8H14N3O2P. The van der Waals surface area contributed by atoms with Crippen LogP contribution in [0.3, 0.4) is 0 Å². The minimum Gasteiger partial charge on any atom is -0.382 e. The second-order valence-electron chi connectivity index (χ2n) is 3.02. The first-order valence-corrected chi connectivity index (χ1v) is 6.56. The van der Waals surface area contributed by atoms with Crippen LogP contribution in [-0.4, -0.2) is 23.2 Å². The fraction of sp³-hybridized carbons (Fsp3) is 0.500. The highest BCUT2D eigenvalue weighted by atomic mass is 31.2. The van der Waals surface area contributed by atoms with Crippen LogP contribution in [0.2, 0.25) is 0 Å². The zero-order chi connectivity index (χ0) is 10.6. The Labute approximate surface area is 83.2 Å². The summed E-state index contributed by atoms with van der Waals surface area (Å²) in [6.45, 7) is 3.84. The van der Waals surface area contributed by atoms with Gasteiger partial charge in [0.15, 0.2) is 0 Å². The molecule has 1 aromatic heterocycles. The van der Waals surface area contributed by atoms with Crippen molar-refractivity contribution in [3.8, 4) is 0 Å². The Hall–Kier alpha value is -0.930. The van der Waals surface area contributed by atoms with Gasteiger partial charge in [-0.3, -0.25) is 9.55 Å². The quantitative estimate of drug-likeness (QED) is 0.770. The van der Waals surface area contributed by atoms with Gasteiger partial charge in [-0.05, 0) is 6.92 Å². The minimum absolute atomic E-state index is 0.300. The Bertz CT molecular complexity index is 339. The molecule has 2 N–H and O–H groups in total. The zero-order valence-corrected chi connectivity index (χ0v) is 9.20. The molecule has 0 bridgehead atoms. The average molecular weight is 215 g/mol. The molecule has 0 amide bonds. The molecule has 0 saturated heterocycles. The van der Waals surface area contributed by atoms with E-state index in [0.29, 0.717) is 24.3 Å². The van der Waals surface area contributed by atoms with E-state index in [1.54, 1.807) is 6.66 Å². The van der Waals surface area contributed by atoms with Gasteiger partial charge in [-0.2, -0.15) is 0 Å². The highest BCUT2D eigenvalue weighted by Crippen LogP contribution is 2.45. The predicted molar refractivity (Wildman–Crippen MR) is 55.3 cm³/mol. The van der Waals surface area contributed by atoms with Gasteiger partial charge in [-0.15, -0.1) is 0 Å². The number of hydrogen-bond acceptors (Lipinski definition) is 5. The van der Waals surface area contributed by atoms with Crippen molar-refractivity contribution in [1.29, 1.82) is 0 Å². The molecular weight excluding hydrogens is 201 g/mol. The number of aromatic nitrogens is 2. The molecule has 1 heterocycles. The van der Waals surface area contributed by atoms with E-state index >= 15 is 0 Å². The molecule has 1 atom stereocenters. The van der Waals surface area contributed by atoms with Gasteiger partial charge in [0.2, 0.25) is 7.37 Å². The third-order valence-electron chi connectivity index (χ3n) is 1.58. The first kappa shape index (κ1) is 11.1. The molecule has 0 aliphatic rings. The molecule has 0 spiro atoms. The summed E-state index contributed by atoms with van der Waals surface area (Å²) in [5.41, 5.74) is 6.01. The summed E-state index contributed by atoms with van der Waals surface area (Å²) in [6.07, 6.45) is 3.26. The van der Waals surface area contributed by atoms with Gasteiger partial charge in [0.1, 0.15) is 5.82 Å². The van der Waals surface area contributed by atoms with Gasteiger partial charge in [-0.1, -0.05) is 0 Å². The van der Waals surface area contributed by atoms with Crippen LogP contribution < -0.4 is 5.73 Å². The van der Waals surface area contributed by atoms with Crippen LogP contribution in [0.15, 0.2) is 12.4 Å². The lowest BCUT2D eigenvalue weighted by Crippen LogP contribution is -1.98. The first-order chi connectivity index (χ1) is 6.53. The summed E-state index contributed by atoms with van der Waals surface area (Å²) >= 11 is 0. The van der Waals surface area contributed by atoms with Crippen molar-refractivity contribution in [2.24, 2.45) is 0 Å². The van der Waals surface area contributed by atoms with E-state index in [2.05, 4.69) is 9.97 Å². The fourth-order valence-corrected chi connectivity index (χ4v) is 2.45. The number of nitrogens with zero attached hydrogens (tertiary/aromatic N) is 2. The molecule has 0 aliphatic carbocycles. The molecule has 14 heavy (non-hydrogen) atoms. The molecule has 0 radical (unpaired) electrons. The molecule has 0 saturated carbocycles. The van der Waals surface area contributed by atoms with Crippen LogP contribution in [0.4, 0.5) is 5.82 Å². The maximum absolute atomic E-state index is 11.7. The Kier molecular flexibility index (Phi) is 3.61. The standard InChI is InChI=1S/C8H14N3O2P/c1-3-13-14(2,12)6-7-4-11-8(9)5-10-7/h4-5H,3,6H2,1-2H3,(H2,9,11). The summed E-state index contributed by atoms with van der Waals surface area (Å²) < 4.78 is 16.9. The smallest absolute Gasteiger partial charge is 0.206 e. The molecule has 0 aliphatic heterocycles. The molecule has 0 fully saturated rings. The highest BCUT2D eigenvalue weighted by Gasteiger charge is 2.16. The van der Waals surface area contributed by atoms with Crippen LogP contribution in [0.1, 0.15) is 12.6 Å². The molecule has 1 unspecified atom stereocenters. The molecule has 0 aromatic carbocycles. The Morgan fingerprint density at radius 3 is 2.71 bits per heavy atom. The largest absolute Gasteiger partial charge is 0.382 e. The summed E-state index contributed by atoms with van der Waals surface area (Å²) in [7, 11) is -2.57. The first-order valence-electron chi connectivity index (χ1n) is 4.31. The number of hydrogen-bond donors (Lipinski definition) is 1. The van der Waals surface area contributed by atoms with Crippen molar-refractivity contribution in [2.45, 2.75) is 13.1 Å². The summed E-state index contributed by atoms with van der Waals surface area (Å²) in [5, 5.41) is 0. The summed E-state index contributed by atoms with van der Waals surface area (Å²) in [6, 6.07) is 0. The third kappa shape index (κ3) is 3.44. The van der Waals surface area contributed by atoms with Crippen LogP contribution in [0, 0.1) is 0 Å². The van der Waals surface area contributed by atoms with Gasteiger partial charge in [-0.25, -0.2) is 4.98 Å². The second kappa shape index (κ2) is 4.53. The van der Waals surface area contributed by atoms with E-state index in [1.807, 2.05) is 6.92 Å². The molecule has 5 nitrogen and oxygen atoms in total. The van der Waals surface area contributed by atoms with E-state index in [0.717, 1.165) is 0 Å². The molecule has 1 rings (SSSR count). The predicted octanol–water partition coefficient (Wildman–Crippen LogP) is 1.50. The second-order valence-corrected chi connectivity index (χ2v) is 5.63. The summed E-state index contributed by atoms with van der Waals surface area (Å²) in [4.78, 5) is 7.87. The number of nitrogen functional groups attached to an aromatic ring is 1. The monoisotopic (exact) mass is 215 g/mol. The zero-order valence-electron chi connectivity index (χ0n) is 8.30. The van der Waals surface area contributed by atoms with Crippen molar-refractivity contribution in [2.75, 3.05) is 19.0 Å². The maximum atomic E-state index is 11.7. The van der Waals surface area contributed by atoms with E-state index in [-0.39, 0.29) is 0 Å². The number of anilines is 1. The van der Waals surface area contributed by atoms with Crippen molar-refractivity contribution < 1.29 is 9.09 Å². The van der Waals surface area contributed by atoms with E-state index in [1.165, 1.54) is 12.4 Å². The van der Waals surface area contributed by atoms with Crippen molar-refractivity contribution in [3.63, 3.8) is 0 Å². The molecule has 6 heteroatoms. The van der Waals surface area contributed by atoms with Gasteiger partial charge >= 0.3 is 0 Å². The SMILES string of the molecule is CCOP(C)(=O)Cc1cnc(N)cn1.